The van der Waals surface area contributed by atoms with Crippen molar-refractivity contribution >= 4 is 5.95 Å². The number of anilines is 1. The summed E-state index contributed by atoms with van der Waals surface area (Å²) in [7, 11) is 0. The van der Waals surface area contributed by atoms with Crippen LogP contribution in [0.4, 0.5) is 23.5 Å². The number of aryl methyl sites for hydroxylation is 1. The molecule has 2 aromatic rings. The predicted octanol–water partition coefficient (Wildman–Crippen LogP) is 2.98. The fourth-order valence-electron chi connectivity index (χ4n) is 1.76. The van der Waals surface area contributed by atoms with Gasteiger partial charge in [0, 0.05) is 5.69 Å². The number of rotatable bonds is 2. The van der Waals surface area contributed by atoms with E-state index in [1.165, 1.54) is 12.3 Å². The van der Waals surface area contributed by atoms with E-state index in [0.717, 1.165) is 17.8 Å². The molecule has 3 nitrogen and oxygen atoms in total. The van der Waals surface area contributed by atoms with Crippen molar-refractivity contribution in [2.24, 2.45) is 0 Å². The van der Waals surface area contributed by atoms with Crippen LogP contribution in [-0.4, -0.2) is 9.55 Å². The number of nitrogens with two attached hydrogens (primary N) is 1. The maximum atomic E-state index is 13.1. The first kappa shape index (κ1) is 13.4. The van der Waals surface area contributed by atoms with Crippen LogP contribution in [0.25, 0.3) is 0 Å². The Balaban J connectivity index is 2.37. The number of nitrogens with zero attached hydrogens (tertiary/aromatic N) is 2. The Kier molecular flexibility index (Phi) is 3.21. The molecule has 0 bridgehead atoms. The maximum Gasteiger partial charge on any atom is 0.419 e. The number of imidazole rings is 1. The normalized spacial score (nSPS) is 11.8. The van der Waals surface area contributed by atoms with Crippen molar-refractivity contribution in [1.82, 2.24) is 9.55 Å². The minimum atomic E-state index is -4.71. The molecule has 0 radical (unpaired) electrons. The van der Waals surface area contributed by atoms with Crippen molar-refractivity contribution in [2.45, 2.75) is 19.6 Å². The SMILES string of the molecule is Cc1cnc(N)n1Cc1ccc(F)c(C(F)(F)F)c1. The van der Waals surface area contributed by atoms with Crippen LogP contribution in [-0.2, 0) is 12.7 Å². The number of hydrogen-bond donors (Lipinski definition) is 1. The molecule has 0 saturated carbocycles. The molecule has 0 aliphatic carbocycles. The van der Waals surface area contributed by atoms with Gasteiger partial charge in [0.25, 0.3) is 0 Å². The lowest BCUT2D eigenvalue weighted by Crippen LogP contribution is -2.11. The highest BCUT2D eigenvalue weighted by atomic mass is 19.4. The molecule has 0 aliphatic rings. The molecule has 1 aromatic heterocycles. The lowest BCUT2D eigenvalue weighted by molar-refractivity contribution is -0.140. The summed E-state index contributed by atoms with van der Waals surface area (Å²) in [4.78, 5) is 3.85. The Bertz CT molecular complexity index is 582. The summed E-state index contributed by atoms with van der Waals surface area (Å²) in [5.74, 6) is -1.08. The smallest absolute Gasteiger partial charge is 0.369 e. The second-order valence-corrected chi connectivity index (χ2v) is 4.16. The molecule has 0 aliphatic heterocycles. The topological polar surface area (TPSA) is 43.8 Å². The van der Waals surface area contributed by atoms with Gasteiger partial charge in [-0.3, -0.25) is 0 Å². The quantitative estimate of drug-likeness (QED) is 0.855. The zero-order chi connectivity index (χ0) is 14.2. The first-order valence-corrected chi connectivity index (χ1v) is 5.42. The lowest BCUT2D eigenvalue weighted by Gasteiger charge is -2.12. The van der Waals surface area contributed by atoms with Crippen molar-refractivity contribution < 1.29 is 17.6 Å². The van der Waals surface area contributed by atoms with Crippen LogP contribution in [0.1, 0.15) is 16.8 Å². The van der Waals surface area contributed by atoms with Gasteiger partial charge in [-0.2, -0.15) is 13.2 Å². The van der Waals surface area contributed by atoms with Crippen molar-refractivity contribution in [2.75, 3.05) is 5.73 Å². The van der Waals surface area contributed by atoms with E-state index in [4.69, 9.17) is 5.73 Å². The minimum Gasteiger partial charge on any atom is -0.369 e. The zero-order valence-electron chi connectivity index (χ0n) is 10.0. The molecule has 2 rings (SSSR count). The summed E-state index contributed by atoms with van der Waals surface area (Å²) < 4.78 is 52.4. The maximum absolute atomic E-state index is 13.1. The summed E-state index contributed by atoms with van der Waals surface area (Å²) in [6, 6.07) is 2.89. The largest absolute Gasteiger partial charge is 0.419 e. The first-order chi connectivity index (χ1) is 8.79. The van der Waals surface area contributed by atoms with Crippen LogP contribution in [0.5, 0.6) is 0 Å². The molecule has 1 aromatic carbocycles. The summed E-state index contributed by atoms with van der Waals surface area (Å²) >= 11 is 0. The Morgan fingerprint density at radius 3 is 2.53 bits per heavy atom. The van der Waals surface area contributed by atoms with Gasteiger partial charge in [0.05, 0.1) is 18.3 Å². The standard InChI is InChI=1S/C12H11F4N3/c1-7-5-18-11(17)19(7)6-8-2-3-10(13)9(4-8)12(14,15)16/h2-5H,6H2,1H3,(H2,17,18). The number of aromatic nitrogens is 2. The number of nitrogen functional groups attached to an aromatic ring is 1. The van der Waals surface area contributed by atoms with Crippen LogP contribution < -0.4 is 5.73 Å². The van der Waals surface area contributed by atoms with Gasteiger partial charge in [0.2, 0.25) is 5.95 Å². The van der Waals surface area contributed by atoms with Crippen molar-refractivity contribution in [3.63, 3.8) is 0 Å². The van der Waals surface area contributed by atoms with Gasteiger partial charge in [0.15, 0.2) is 0 Å². The van der Waals surface area contributed by atoms with Gasteiger partial charge < -0.3 is 10.3 Å². The molecular weight excluding hydrogens is 262 g/mol. The summed E-state index contributed by atoms with van der Waals surface area (Å²) in [5.41, 5.74) is 5.35. The van der Waals surface area contributed by atoms with Crippen LogP contribution in [0.2, 0.25) is 0 Å². The van der Waals surface area contributed by atoms with Crippen LogP contribution in [0.3, 0.4) is 0 Å². The molecule has 0 fully saturated rings. The molecule has 0 atom stereocenters. The molecule has 7 heteroatoms. The van der Waals surface area contributed by atoms with E-state index in [9.17, 15) is 17.6 Å². The second kappa shape index (κ2) is 4.56. The van der Waals surface area contributed by atoms with Crippen molar-refractivity contribution in [3.05, 3.63) is 47.0 Å². The zero-order valence-corrected chi connectivity index (χ0v) is 10.0. The predicted molar refractivity (Wildman–Crippen MR) is 61.9 cm³/mol. The fraction of sp³-hybridized carbons (Fsp3) is 0.250. The Morgan fingerprint density at radius 2 is 2.00 bits per heavy atom. The van der Waals surface area contributed by atoms with Gasteiger partial charge in [-0.05, 0) is 24.6 Å². The van der Waals surface area contributed by atoms with Crippen LogP contribution in [0, 0.1) is 12.7 Å². The number of hydrogen-bond acceptors (Lipinski definition) is 2. The highest BCUT2D eigenvalue weighted by Crippen LogP contribution is 2.32. The van der Waals surface area contributed by atoms with E-state index in [1.807, 2.05) is 0 Å². The summed E-state index contributed by atoms with van der Waals surface area (Å²) in [5, 5.41) is 0. The Labute approximate surface area is 106 Å². The highest BCUT2D eigenvalue weighted by Gasteiger charge is 2.34. The van der Waals surface area contributed by atoms with Gasteiger partial charge in [-0.1, -0.05) is 6.07 Å². The van der Waals surface area contributed by atoms with Gasteiger partial charge in [-0.15, -0.1) is 0 Å². The van der Waals surface area contributed by atoms with E-state index < -0.39 is 17.6 Å². The molecule has 0 amide bonds. The average molecular weight is 273 g/mol. The Hall–Kier alpha value is -2.05. The van der Waals surface area contributed by atoms with E-state index in [2.05, 4.69) is 4.98 Å². The van der Waals surface area contributed by atoms with Crippen LogP contribution in [0.15, 0.2) is 24.4 Å². The Morgan fingerprint density at radius 1 is 1.32 bits per heavy atom. The highest BCUT2D eigenvalue weighted by molar-refractivity contribution is 5.30. The molecule has 0 saturated heterocycles. The number of alkyl halides is 3. The van der Waals surface area contributed by atoms with Gasteiger partial charge in [-0.25, -0.2) is 9.37 Å². The third-order valence-electron chi connectivity index (χ3n) is 2.76. The number of benzene rings is 1. The first-order valence-electron chi connectivity index (χ1n) is 5.42. The molecule has 102 valence electrons. The molecule has 0 unspecified atom stereocenters. The minimum absolute atomic E-state index is 0.112. The molecule has 1 heterocycles. The molecule has 2 N–H and O–H groups in total. The third-order valence-corrected chi connectivity index (χ3v) is 2.76. The summed E-state index contributed by atoms with van der Waals surface area (Å²) in [6.45, 7) is 1.85. The third kappa shape index (κ3) is 2.69. The summed E-state index contributed by atoms with van der Waals surface area (Å²) in [6.07, 6.45) is -3.20. The molecule has 19 heavy (non-hydrogen) atoms. The number of halogens is 4. The monoisotopic (exact) mass is 273 g/mol. The van der Waals surface area contributed by atoms with E-state index in [0.29, 0.717) is 5.56 Å². The van der Waals surface area contributed by atoms with E-state index >= 15 is 0 Å². The van der Waals surface area contributed by atoms with Crippen LogP contribution >= 0.6 is 0 Å². The van der Waals surface area contributed by atoms with Crippen molar-refractivity contribution in [3.8, 4) is 0 Å². The fourth-order valence-corrected chi connectivity index (χ4v) is 1.76. The second-order valence-electron chi connectivity index (χ2n) is 4.16. The van der Waals surface area contributed by atoms with E-state index in [1.54, 1.807) is 11.5 Å². The molecular formula is C12H11F4N3. The average Bonchev–Trinajstić information content (AvgIpc) is 2.62. The van der Waals surface area contributed by atoms with E-state index in [-0.39, 0.29) is 12.5 Å². The lowest BCUT2D eigenvalue weighted by atomic mass is 10.1. The van der Waals surface area contributed by atoms with Crippen molar-refractivity contribution in [1.29, 1.82) is 0 Å². The molecule has 0 spiro atoms. The van der Waals surface area contributed by atoms with Gasteiger partial charge in [0.1, 0.15) is 5.82 Å². The van der Waals surface area contributed by atoms with Gasteiger partial charge >= 0.3 is 6.18 Å².